The van der Waals surface area contributed by atoms with E-state index in [1.54, 1.807) is 0 Å². The van der Waals surface area contributed by atoms with Gasteiger partial charge in [-0.3, -0.25) is 4.68 Å². The van der Waals surface area contributed by atoms with Gasteiger partial charge in [0.25, 0.3) is 0 Å². The first-order valence-electron chi connectivity index (χ1n) is 6.47. The first-order chi connectivity index (χ1) is 9.22. The Balaban J connectivity index is 1.86. The summed E-state index contributed by atoms with van der Waals surface area (Å²) in [5.74, 6) is 0. The maximum absolute atomic E-state index is 6.27. The van der Waals surface area contributed by atoms with Crippen LogP contribution in [0.25, 0.3) is 10.8 Å². The Hall–Kier alpha value is -2.13. The Morgan fingerprint density at radius 2 is 1.89 bits per heavy atom. The molecule has 1 aromatic heterocycles. The highest BCUT2D eigenvalue weighted by Gasteiger charge is 2.08. The number of hydrogen-bond donors (Lipinski definition) is 1. The average Bonchev–Trinajstić information content (AvgIpc) is 2.83. The smallest absolute Gasteiger partial charge is 0.0602 e. The largest absolute Gasteiger partial charge is 0.322 e. The van der Waals surface area contributed by atoms with E-state index in [1.165, 1.54) is 10.8 Å². The number of nitrogens with zero attached hydrogens (tertiary/aromatic N) is 2. The van der Waals surface area contributed by atoms with Crippen LogP contribution in [0.15, 0.2) is 54.7 Å². The van der Waals surface area contributed by atoms with E-state index in [4.69, 9.17) is 5.73 Å². The second-order valence-electron chi connectivity index (χ2n) is 4.89. The number of benzene rings is 2. The van der Waals surface area contributed by atoms with Crippen LogP contribution in [-0.2, 0) is 6.54 Å². The molecule has 0 saturated heterocycles. The molecule has 1 atom stereocenters. The predicted octanol–water partition coefficient (Wildman–Crippen LogP) is 3.04. The Morgan fingerprint density at radius 1 is 1.11 bits per heavy atom. The van der Waals surface area contributed by atoms with Gasteiger partial charge in [-0.25, -0.2) is 0 Å². The van der Waals surface area contributed by atoms with Crippen LogP contribution in [0.5, 0.6) is 0 Å². The fourth-order valence-electron chi connectivity index (χ4n) is 2.31. The van der Waals surface area contributed by atoms with Crippen LogP contribution in [0.1, 0.15) is 17.3 Å². The number of fused-ring (bicyclic) bond motifs is 1. The molecule has 0 saturated carbocycles. The maximum atomic E-state index is 6.27. The van der Waals surface area contributed by atoms with Crippen LogP contribution in [0.3, 0.4) is 0 Å². The summed E-state index contributed by atoms with van der Waals surface area (Å²) in [7, 11) is 0. The summed E-state index contributed by atoms with van der Waals surface area (Å²) >= 11 is 0. The number of nitrogens with two attached hydrogens (primary N) is 1. The van der Waals surface area contributed by atoms with Gasteiger partial charge in [-0.15, -0.1) is 0 Å². The van der Waals surface area contributed by atoms with Crippen LogP contribution >= 0.6 is 0 Å². The fourth-order valence-corrected chi connectivity index (χ4v) is 2.31. The molecule has 2 N–H and O–H groups in total. The minimum atomic E-state index is -0.0380. The zero-order valence-corrected chi connectivity index (χ0v) is 11.0. The maximum Gasteiger partial charge on any atom is 0.0602 e. The van der Waals surface area contributed by atoms with E-state index in [-0.39, 0.29) is 6.04 Å². The van der Waals surface area contributed by atoms with Crippen LogP contribution in [0, 0.1) is 6.92 Å². The predicted molar refractivity (Wildman–Crippen MR) is 77.8 cm³/mol. The lowest BCUT2D eigenvalue weighted by atomic mass is 10.0. The third-order valence-electron chi connectivity index (χ3n) is 3.36. The molecule has 0 amide bonds. The summed E-state index contributed by atoms with van der Waals surface area (Å²) in [5.41, 5.74) is 8.43. The van der Waals surface area contributed by atoms with Gasteiger partial charge in [-0.1, -0.05) is 36.4 Å². The number of hydrogen-bond acceptors (Lipinski definition) is 2. The van der Waals surface area contributed by atoms with Crippen LogP contribution in [0.2, 0.25) is 0 Å². The minimum Gasteiger partial charge on any atom is -0.322 e. The molecule has 1 unspecified atom stereocenters. The normalized spacial score (nSPS) is 12.7. The van der Waals surface area contributed by atoms with Crippen molar-refractivity contribution in [3.05, 3.63) is 66.0 Å². The van der Waals surface area contributed by atoms with E-state index in [2.05, 4.69) is 47.6 Å². The highest BCUT2D eigenvalue weighted by Crippen LogP contribution is 2.20. The lowest BCUT2D eigenvalue weighted by Gasteiger charge is -2.13. The molecule has 0 fully saturated rings. The summed E-state index contributed by atoms with van der Waals surface area (Å²) < 4.78 is 1.90. The Labute approximate surface area is 112 Å². The standard InChI is InChI=1S/C16H17N3/c1-12-8-9-19(18-12)11-16(17)15-7-6-13-4-2-3-5-14(13)10-15/h2-10,16H,11,17H2,1H3. The van der Waals surface area contributed by atoms with Crippen LogP contribution in [0.4, 0.5) is 0 Å². The molecule has 0 radical (unpaired) electrons. The van der Waals surface area contributed by atoms with Gasteiger partial charge in [0.05, 0.1) is 12.2 Å². The summed E-state index contributed by atoms with van der Waals surface area (Å²) in [4.78, 5) is 0. The Bertz CT molecular complexity index is 700. The van der Waals surface area contributed by atoms with Gasteiger partial charge in [-0.2, -0.15) is 5.10 Å². The van der Waals surface area contributed by atoms with E-state index in [9.17, 15) is 0 Å². The molecule has 0 spiro atoms. The second-order valence-corrected chi connectivity index (χ2v) is 4.89. The van der Waals surface area contributed by atoms with Crippen molar-refractivity contribution >= 4 is 10.8 Å². The van der Waals surface area contributed by atoms with Crippen LogP contribution < -0.4 is 5.73 Å². The van der Waals surface area contributed by atoms with Crippen molar-refractivity contribution in [3.8, 4) is 0 Å². The molecule has 0 aliphatic heterocycles. The lowest BCUT2D eigenvalue weighted by molar-refractivity contribution is 0.525. The van der Waals surface area contributed by atoms with Gasteiger partial charge in [-0.05, 0) is 35.4 Å². The average molecular weight is 251 g/mol. The number of aromatic nitrogens is 2. The van der Waals surface area contributed by atoms with Crippen molar-refractivity contribution in [1.29, 1.82) is 0 Å². The third-order valence-corrected chi connectivity index (χ3v) is 3.36. The molecule has 3 rings (SSSR count). The summed E-state index contributed by atoms with van der Waals surface area (Å²) in [6.45, 7) is 2.68. The molecule has 3 aromatic rings. The van der Waals surface area contributed by atoms with E-state index in [1.807, 2.05) is 23.9 Å². The van der Waals surface area contributed by atoms with Crippen molar-refractivity contribution in [2.24, 2.45) is 5.73 Å². The monoisotopic (exact) mass is 251 g/mol. The quantitative estimate of drug-likeness (QED) is 0.777. The molecule has 3 nitrogen and oxygen atoms in total. The zero-order valence-electron chi connectivity index (χ0n) is 11.0. The van der Waals surface area contributed by atoms with Gasteiger partial charge in [0, 0.05) is 12.2 Å². The van der Waals surface area contributed by atoms with Crippen molar-refractivity contribution in [3.63, 3.8) is 0 Å². The summed E-state index contributed by atoms with van der Waals surface area (Å²) in [6, 6.07) is 16.7. The first kappa shape index (κ1) is 11.9. The second kappa shape index (κ2) is 4.86. The third kappa shape index (κ3) is 2.51. The van der Waals surface area contributed by atoms with Crippen LogP contribution in [-0.4, -0.2) is 9.78 Å². The Kier molecular flexibility index (Phi) is 3.05. The lowest BCUT2D eigenvalue weighted by Crippen LogP contribution is -2.18. The molecule has 0 aliphatic rings. The highest BCUT2D eigenvalue weighted by atomic mass is 15.3. The zero-order chi connectivity index (χ0) is 13.2. The van der Waals surface area contributed by atoms with Gasteiger partial charge >= 0.3 is 0 Å². The van der Waals surface area contributed by atoms with E-state index < -0.39 is 0 Å². The molecule has 96 valence electrons. The summed E-state index contributed by atoms with van der Waals surface area (Å²) in [5, 5.41) is 6.85. The van der Waals surface area contributed by atoms with Crippen molar-refractivity contribution in [2.75, 3.05) is 0 Å². The van der Waals surface area contributed by atoms with Gasteiger partial charge in [0.15, 0.2) is 0 Å². The minimum absolute atomic E-state index is 0.0380. The van der Waals surface area contributed by atoms with Crippen molar-refractivity contribution in [2.45, 2.75) is 19.5 Å². The van der Waals surface area contributed by atoms with E-state index >= 15 is 0 Å². The SMILES string of the molecule is Cc1ccn(CC(N)c2ccc3ccccc3c2)n1. The first-order valence-corrected chi connectivity index (χ1v) is 6.47. The molecular weight excluding hydrogens is 234 g/mol. The molecule has 1 heterocycles. The van der Waals surface area contributed by atoms with Gasteiger partial charge in [0.1, 0.15) is 0 Å². The van der Waals surface area contributed by atoms with E-state index in [0.29, 0.717) is 6.54 Å². The van der Waals surface area contributed by atoms with Crippen molar-refractivity contribution < 1.29 is 0 Å². The Morgan fingerprint density at radius 3 is 2.63 bits per heavy atom. The fraction of sp³-hybridized carbons (Fsp3) is 0.188. The molecule has 19 heavy (non-hydrogen) atoms. The molecular formula is C16H17N3. The number of rotatable bonds is 3. The molecule has 2 aromatic carbocycles. The highest BCUT2D eigenvalue weighted by molar-refractivity contribution is 5.83. The van der Waals surface area contributed by atoms with Crippen molar-refractivity contribution in [1.82, 2.24) is 9.78 Å². The topological polar surface area (TPSA) is 43.8 Å². The molecule has 3 heteroatoms. The molecule has 0 aliphatic carbocycles. The van der Waals surface area contributed by atoms with Gasteiger partial charge < -0.3 is 5.73 Å². The number of aryl methyl sites for hydroxylation is 1. The summed E-state index contributed by atoms with van der Waals surface area (Å²) in [6.07, 6.45) is 1.97. The van der Waals surface area contributed by atoms with Gasteiger partial charge in [0.2, 0.25) is 0 Å². The molecule has 0 bridgehead atoms. The van der Waals surface area contributed by atoms with E-state index in [0.717, 1.165) is 11.3 Å².